The number of nitrogens with zero attached hydrogens (tertiary/aromatic N) is 1. The van der Waals surface area contributed by atoms with Crippen LogP contribution in [0, 0.1) is 10.1 Å². The van der Waals surface area contributed by atoms with Crippen molar-refractivity contribution in [3.8, 4) is 5.75 Å². The van der Waals surface area contributed by atoms with Gasteiger partial charge in [0.1, 0.15) is 5.57 Å². The third-order valence-electron chi connectivity index (χ3n) is 2.52. The molecule has 0 aromatic heterocycles. The second-order valence-electron chi connectivity index (χ2n) is 3.92. The number of nitro groups is 1. The van der Waals surface area contributed by atoms with Crippen LogP contribution in [-0.2, 0) is 9.59 Å². The molecule has 9 nitrogen and oxygen atoms in total. The summed E-state index contributed by atoms with van der Waals surface area (Å²) in [6.45, 7) is 0. The highest BCUT2D eigenvalue weighted by molar-refractivity contribution is 9.10. The standard InChI is InChI=1S/C11H6BrN3O6/c12-6-2-4(3-7(8(6)16)15(20)21)1-5-9(17)13-11(19)14-10(5)18/h1-3,16H,(H2,13,14,17,18,19). The highest BCUT2D eigenvalue weighted by atomic mass is 79.9. The Kier molecular flexibility index (Phi) is 3.72. The first-order valence-electron chi connectivity index (χ1n) is 5.35. The second-order valence-corrected chi connectivity index (χ2v) is 4.78. The molecule has 21 heavy (non-hydrogen) atoms. The van der Waals surface area contributed by atoms with Crippen molar-refractivity contribution in [1.29, 1.82) is 0 Å². The minimum atomic E-state index is -0.944. The average Bonchev–Trinajstić information content (AvgIpc) is 2.37. The molecule has 1 saturated heterocycles. The Labute approximate surface area is 124 Å². The average molecular weight is 356 g/mol. The number of imide groups is 2. The van der Waals surface area contributed by atoms with Gasteiger partial charge in [-0.15, -0.1) is 0 Å². The van der Waals surface area contributed by atoms with Crippen molar-refractivity contribution in [2.75, 3.05) is 0 Å². The fraction of sp³-hybridized carbons (Fsp3) is 0. The lowest BCUT2D eigenvalue weighted by Gasteiger charge is -2.13. The predicted molar refractivity (Wildman–Crippen MR) is 72.1 cm³/mol. The number of rotatable bonds is 2. The molecule has 0 spiro atoms. The number of hydrogen-bond donors (Lipinski definition) is 3. The Morgan fingerprint density at radius 2 is 1.76 bits per heavy atom. The number of urea groups is 1. The lowest BCUT2D eigenvalue weighted by atomic mass is 10.1. The number of nitro benzene ring substituents is 1. The number of phenolic OH excluding ortho intramolecular Hbond substituents is 1. The number of aromatic hydroxyl groups is 1. The first-order valence-corrected chi connectivity index (χ1v) is 6.14. The van der Waals surface area contributed by atoms with Crippen molar-refractivity contribution in [2.45, 2.75) is 0 Å². The van der Waals surface area contributed by atoms with E-state index in [0.717, 1.165) is 12.1 Å². The highest BCUT2D eigenvalue weighted by Gasteiger charge is 2.28. The topological polar surface area (TPSA) is 139 Å². The fourth-order valence-corrected chi connectivity index (χ4v) is 2.07. The van der Waals surface area contributed by atoms with E-state index in [2.05, 4.69) is 15.9 Å². The third-order valence-corrected chi connectivity index (χ3v) is 3.12. The molecule has 1 aliphatic heterocycles. The Balaban J connectivity index is 2.50. The van der Waals surface area contributed by atoms with E-state index < -0.39 is 34.2 Å². The summed E-state index contributed by atoms with van der Waals surface area (Å²) in [5, 5.41) is 24.1. The van der Waals surface area contributed by atoms with Crippen LogP contribution in [-0.4, -0.2) is 27.9 Å². The molecule has 1 aliphatic rings. The highest BCUT2D eigenvalue weighted by Crippen LogP contribution is 2.35. The molecule has 0 radical (unpaired) electrons. The number of hydrogen-bond acceptors (Lipinski definition) is 6. The van der Waals surface area contributed by atoms with Gasteiger partial charge in [-0.2, -0.15) is 0 Å². The smallest absolute Gasteiger partial charge is 0.328 e. The van der Waals surface area contributed by atoms with E-state index in [0.29, 0.717) is 0 Å². The zero-order valence-electron chi connectivity index (χ0n) is 10.0. The monoisotopic (exact) mass is 355 g/mol. The van der Waals surface area contributed by atoms with E-state index in [1.54, 1.807) is 0 Å². The minimum Gasteiger partial charge on any atom is -0.501 e. The van der Waals surface area contributed by atoms with E-state index in [9.17, 15) is 29.6 Å². The molecule has 1 fully saturated rings. The van der Waals surface area contributed by atoms with Crippen LogP contribution in [0.15, 0.2) is 22.2 Å². The minimum absolute atomic E-state index is 0.0243. The Hall–Kier alpha value is -2.75. The van der Waals surface area contributed by atoms with Crippen LogP contribution in [0.3, 0.4) is 0 Å². The summed E-state index contributed by atoms with van der Waals surface area (Å²) >= 11 is 2.93. The lowest BCUT2D eigenvalue weighted by molar-refractivity contribution is -0.386. The van der Waals surface area contributed by atoms with Gasteiger partial charge in [-0.05, 0) is 33.6 Å². The van der Waals surface area contributed by atoms with Gasteiger partial charge in [0.05, 0.1) is 9.40 Å². The molecular formula is C11H6BrN3O6. The van der Waals surface area contributed by atoms with E-state index in [1.807, 2.05) is 10.6 Å². The molecule has 4 amide bonds. The molecule has 1 aromatic rings. The Bertz CT molecular complexity index is 705. The summed E-state index contributed by atoms with van der Waals surface area (Å²) < 4.78 is 0.0243. The normalized spacial score (nSPS) is 14.5. The molecule has 0 aliphatic carbocycles. The van der Waals surface area contributed by atoms with Gasteiger partial charge in [0, 0.05) is 6.07 Å². The van der Waals surface area contributed by atoms with Gasteiger partial charge in [-0.1, -0.05) is 0 Å². The number of barbiturate groups is 1. The maximum atomic E-state index is 11.5. The molecule has 0 saturated carbocycles. The number of benzene rings is 1. The van der Waals surface area contributed by atoms with Crippen molar-refractivity contribution in [3.05, 3.63) is 37.9 Å². The van der Waals surface area contributed by atoms with Crippen LogP contribution in [0.25, 0.3) is 6.08 Å². The van der Waals surface area contributed by atoms with Crippen LogP contribution >= 0.6 is 15.9 Å². The number of carbonyl (C=O) groups is 3. The Morgan fingerprint density at radius 1 is 1.19 bits per heavy atom. The summed E-state index contributed by atoms with van der Waals surface area (Å²) in [6.07, 6.45) is 1.06. The summed E-state index contributed by atoms with van der Waals surface area (Å²) in [6, 6.07) is 1.33. The second kappa shape index (κ2) is 5.32. The molecular weight excluding hydrogens is 350 g/mol. The summed E-state index contributed by atoms with van der Waals surface area (Å²) in [4.78, 5) is 43.9. The molecule has 1 aromatic carbocycles. The molecule has 0 unspecified atom stereocenters. The largest absolute Gasteiger partial charge is 0.501 e. The summed E-state index contributed by atoms with van der Waals surface area (Å²) in [5.74, 6) is -2.42. The lowest BCUT2D eigenvalue weighted by Crippen LogP contribution is -2.51. The van der Waals surface area contributed by atoms with Crippen molar-refractivity contribution in [1.82, 2.24) is 10.6 Å². The number of halogens is 1. The number of amides is 4. The maximum absolute atomic E-state index is 11.5. The molecule has 0 bridgehead atoms. The van der Waals surface area contributed by atoms with Crippen LogP contribution in [0.1, 0.15) is 5.56 Å². The molecule has 3 N–H and O–H groups in total. The SMILES string of the molecule is O=C1NC(=O)C(=Cc2cc(Br)c(O)c([N+](=O)[O-])c2)C(=O)N1. The zero-order valence-corrected chi connectivity index (χ0v) is 11.6. The van der Waals surface area contributed by atoms with Crippen LogP contribution in [0.4, 0.5) is 10.5 Å². The van der Waals surface area contributed by atoms with Crippen molar-refractivity contribution in [2.24, 2.45) is 0 Å². The van der Waals surface area contributed by atoms with Gasteiger partial charge in [0.25, 0.3) is 11.8 Å². The zero-order chi connectivity index (χ0) is 15.7. The van der Waals surface area contributed by atoms with Gasteiger partial charge in [-0.25, -0.2) is 4.79 Å². The van der Waals surface area contributed by atoms with Crippen LogP contribution in [0.5, 0.6) is 5.75 Å². The van der Waals surface area contributed by atoms with E-state index in [4.69, 9.17) is 0 Å². The third kappa shape index (κ3) is 2.89. The van der Waals surface area contributed by atoms with Gasteiger partial charge < -0.3 is 5.11 Å². The van der Waals surface area contributed by atoms with E-state index in [1.165, 1.54) is 6.07 Å². The van der Waals surface area contributed by atoms with Crippen molar-refractivity contribution >= 4 is 45.5 Å². The molecule has 0 atom stereocenters. The van der Waals surface area contributed by atoms with E-state index in [-0.39, 0.29) is 15.6 Å². The fourth-order valence-electron chi connectivity index (χ4n) is 1.60. The molecule has 108 valence electrons. The Morgan fingerprint density at radius 3 is 2.29 bits per heavy atom. The summed E-state index contributed by atoms with van der Waals surface area (Å²) in [5.41, 5.74) is -0.855. The number of phenols is 1. The van der Waals surface area contributed by atoms with E-state index >= 15 is 0 Å². The molecule has 10 heteroatoms. The van der Waals surface area contributed by atoms with Crippen molar-refractivity contribution in [3.63, 3.8) is 0 Å². The summed E-state index contributed by atoms with van der Waals surface area (Å²) in [7, 11) is 0. The van der Waals surface area contributed by atoms with Gasteiger partial charge >= 0.3 is 11.7 Å². The predicted octanol–water partition coefficient (Wildman–Crippen LogP) is 0.812. The number of nitrogens with one attached hydrogen (secondary N) is 2. The van der Waals surface area contributed by atoms with Crippen molar-refractivity contribution < 1.29 is 24.4 Å². The van der Waals surface area contributed by atoms with Gasteiger partial charge in [0.2, 0.25) is 5.75 Å². The first-order chi connectivity index (χ1) is 9.79. The van der Waals surface area contributed by atoms with Crippen LogP contribution in [0.2, 0.25) is 0 Å². The quantitative estimate of drug-likeness (QED) is 0.310. The first kappa shape index (κ1) is 14.7. The maximum Gasteiger partial charge on any atom is 0.328 e. The van der Waals surface area contributed by atoms with Gasteiger partial charge in [0.15, 0.2) is 0 Å². The number of carbonyl (C=O) groups excluding carboxylic acids is 3. The molecule has 2 rings (SSSR count). The molecule has 1 heterocycles. The van der Waals surface area contributed by atoms with Gasteiger partial charge in [-0.3, -0.25) is 30.3 Å². The van der Waals surface area contributed by atoms with Crippen LogP contribution < -0.4 is 10.6 Å².